The number of aliphatic hydroxyl groups excluding tert-OH is 1. The largest absolute Gasteiger partial charge is 0.383 e. The summed E-state index contributed by atoms with van der Waals surface area (Å²) >= 11 is 0. The third kappa shape index (κ3) is 2.15. The highest BCUT2D eigenvalue weighted by Crippen LogP contribution is 2.22. The van der Waals surface area contributed by atoms with E-state index in [9.17, 15) is 15.2 Å². The quantitative estimate of drug-likeness (QED) is 0.481. The molecule has 4 atom stereocenters. The van der Waals surface area contributed by atoms with Gasteiger partial charge in [0.2, 0.25) is 6.04 Å². The van der Waals surface area contributed by atoms with Crippen LogP contribution in [0, 0.1) is 10.1 Å². The highest BCUT2D eigenvalue weighted by molar-refractivity contribution is 4.80. The summed E-state index contributed by atoms with van der Waals surface area (Å²) in [5.41, 5.74) is 0. The van der Waals surface area contributed by atoms with Gasteiger partial charge in [-0.25, -0.2) is 0 Å². The number of hydrogen-bond acceptors (Lipinski definition) is 5. The van der Waals surface area contributed by atoms with Gasteiger partial charge in [0.15, 0.2) is 6.29 Å². The Hall–Kier alpha value is -0.720. The second-order valence-electron chi connectivity index (χ2n) is 3.09. The second kappa shape index (κ2) is 3.99. The van der Waals surface area contributed by atoms with Gasteiger partial charge in [-0.1, -0.05) is 0 Å². The summed E-state index contributed by atoms with van der Waals surface area (Å²) in [5.74, 6) is 0. The van der Waals surface area contributed by atoms with Crippen LogP contribution in [0.25, 0.3) is 0 Å². The van der Waals surface area contributed by atoms with E-state index in [4.69, 9.17) is 9.47 Å². The van der Waals surface area contributed by atoms with E-state index in [0.29, 0.717) is 0 Å². The lowest BCUT2D eigenvalue weighted by Crippen LogP contribution is -2.50. The average molecular weight is 191 g/mol. The Labute approximate surface area is 75.6 Å². The van der Waals surface area contributed by atoms with Crippen LogP contribution in [0.3, 0.4) is 0 Å². The second-order valence-corrected chi connectivity index (χ2v) is 3.09. The van der Waals surface area contributed by atoms with Gasteiger partial charge >= 0.3 is 0 Å². The lowest BCUT2D eigenvalue weighted by molar-refractivity contribution is -0.549. The molecule has 0 aromatic rings. The maximum absolute atomic E-state index is 10.5. The van der Waals surface area contributed by atoms with Gasteiger partial charge in [-0.3, -0.25) is 10.1 Å². The lowest BCUT2D eigenvalue weighted by atomic mass is 10.0. The van der Waals surface area contributed by atoms with Gasteiger partial charge in [0.25, 0.3) is 0 Å². The average Bonchev–Trinajstić information content (AvgIpc) is 2.09. The van der Waals surface area contributed by atoms with Crippen LogP contribution >= 0.6 is 0 Å². The van der Waals surface area contributed by atoms with Crippen molar-refractivity contribution in [1.29, 1.82) is 0 Å². The molecule has 1 saturated heterocycles. The van der Waals surface area contributed by atoms with Gasteiger partial charge in [-0.05, 0) is 6.92 Å². The molecule has 6 heteroatoms. The van der Waals surface area contributed by atoms with E-state index >= 15 is 0 Å². The molecule has 1 rings (SSSR count). The van der Waals surface area contributed by atoms with Crippen LogP contribution in [0.4, 0.5) is 0 Å². The summed E-state index contributed by atoms with van der Waals surface area (Å²) in [5, 5.41) is 19.9. The lowest BCUT2D eigenvalue weighted by Gasteiger charge is -2.32. The summed E-state index contributed by atoms with van der Waals surface area (Å²) in [7, 11) is 1.42. The normalized spacial score (nSPS) is 40.2. The number of aliphatic hydroxyl groups is 1. The van der Waals surface area contributed by atoms with Gasteiger partial charge < -0.3 is 14.6 Å². The van der Waals surface area contributed by atoms with Crippen molar-refractivity contribution >= 4 is 0 Å². The van der Waals surface area contributed by atoms with Crippen molar-refractivity contribution in [3.8, 4) is 0 Å². The molecule has 0 aliphatic carbocycles. The topological polar surface area (TPSA) is 81.8 Å². The molecule has 0 radical (unpaired) electrons. The predicted octanol–water partition coefficient (Wildman–Crippen LogP) is -0.226. The molecule has 0 spiro atoms. The van der Waals surface area contributed by atoms with Crippen LogP contribution in [0.15, 0.2) is 0 Å². The molecule has 0 unspecified atom stereocenters. The Morgan fingerprint density at radius 2 is 2.31 bits per heavy atom. The maximum Gasteiger partial charge on any atom is 0.245 e. The van der Waals surface area contributed by atoms with Crippen LogP contribution < -0.4 is 0 Å². The molecule has 0 amide bonds. The van der Waals surface area contributed by atoms with Gasteiger partial charge in [0.1, 0.15) is 6.10 Å². The summed E-state index contributed by atoms with van der Waals surface area (Å²) < 4.78 is 10.0. The number of rotatable bonds is 2. The molecule has 0 aromatic heterocycles. The van der Waals surface area contributed by atoms with Gasteiger partial charge in [0, 0.05) is 12.0 Å². The first-order chi connectivity index (χ1) is 6.06. The highest BCUT2D eigenvalue weighted by atomic mass is 16.7. The van der Waals surface area contributed by atoms with E-state index in [1.807, 2.05) is 0 Å². The zero-order valence-electron chi connectivity index (χ0n) is 7.54. The van der Waals surface area contributed by atoms with E-state index in [2.05, 4.69) is 0 Å². The monoisotopic (exact) mass is 191 g/mol. The molecule has 13 heavy (non-hydrogen) atoms. The fourth-order valence-electron chi connectivity index (χ4n) is 1.39. The van der Waals surface area contributed by atoms with Crippen LogP contribution in [0.1, 0.15) is 13.3 Å². The Kier molecular flexibility index (Phi) is 3.18. The minimum Gasteiger partial charge on any atom is -0.383 e. The molecule has 0 saturated carbocycles. The third-order valence-electron chi connectivity index (χ3n) is 2.21. The van der Waals surface area contributed by atoms with E-state index in [0.717, 1.165) is 0 Å². The smallest absolute Gasteiger partial charge is 0.245 e. The zero-order chi connectivity index (χ0) is 10.0. The van der Waals surface area contributed by atoms with Gasteiger partial charge in [0.05, 0.1) is 12.5 Å². The van der Waals surface area contributed by atoms with Crippen molar-refractivity contribution in [3.05, 3.63) is 10.1 Å². The molecule has 6 nitrogen and oxygen atoms in total. The number of nitrogens with zero attached hydrogens (tertiary/aromatic N) is 1. The minimum atomic E-state index is -1.05. The summed E-state index contributed by atoms with van der Waals surface area (Å²) in [6.45, 7) is 1.59. The first-order valence-electron chi connectivity index (χ1n) is 4.06. The molecule has 1 fully saturated rings. The molecule has 1 heterocycles. The van der Waals surface area contributed by atoms with E-state index in [1.54, 1.807) is 6.92 Å². The Morgan fingerprint density at radius 1 is 1.69 bits per heavy atom. The number of nitro groups is 1. The summed E-state index contributed by atoms with van der Waals surface area (Å²) in [6, 6.07) is -0.992. The van der Waals surface area contributed by atoms with Crippen molar-refractivity contribution in [2.24, 2.45) is 0 Å². The molecule has 0 bridgehead atoms. The van der Waals surface area contributed by atoms with Crippen molar-refractivity contribution in [3.63, 3.8) is 0 Å². The first-order valence-corrected chi connectivity index (χ1v) is 4.06. The van der Waals surface area contributed by atoms with Gasteiger partial charge in [-0.15, -0.1) is 0 Å². The fraction of sp³-hybridized carbons (Fsp3) is 1.00. The third-order valence-corrected chi connectivity index (χ3v) is 2.21. The fourth-order valence-corrected chi connectivity index (χ4v) is 1.39. The van der Waals surface area contributed by atoms with Gasteiger partial charge in [-0.2, -0.15) is 0 Å². The number of hydrogen-bond donors (Lipinski definition) is 1. The number of ether oxygens (including phenoxy) is 2. The zero-order valence-corrected chi connectivity index (χ0v) is 7.54. The van der Waals surface area contributed by atoms with Crippen LogP contribution in [-0.2, 0) is 9.47 Å². The first kappa shape index (κ1) is 10.4. The SMILES string of the molecule is CO[C@@H]1C[C@H]([N+](=O)[O-])[C@@H](O)[C@H](C)O1. The van der Waals surface area contributed by atoms with Crippen LogP contribution in [-0.4, -0.2) is 41.7 Å². The Morgan fingerprint density at radius 3 is 2.77 bits per heavy atom. The summed E-state index contributed by atoms with van der Waals surface area (Å²) in [4.78, 5) is 10.0. The van der Waals surface area contributed by atoms with Crippen molar-refractivity contribution < 1.29 is 19.5 Å². The molecule has 1 N–H and O–H groups in total. The molecule has 0 aromatic carbocycles. The Bertz CT molecular complexity index is 197. The number of methoxy groups -OCH3 is 1. The molecule has 1 aliphatic heterocycles. The molecule has 76 valence electrons. The van der Waals surface area contributed by atoms with Crippen molar-refractivity contribution in [2.75, 3.05) is 7.11 Å². The highest BCUT2D eigenvalue weighted by Gasteiger charge is 2.42. The molecule has 1 aliphatic rings. The van der Waals surface area contributed by atoms with Crippen LogP contribution in [0.5, 0.6) is 0 Å². The van der Waals surface area contributed by atoms with Crippen LogP contribution in [0.2, 0.25) is 0 Å². The predicted molar refractivity (Wildman–Crippen MR) is 42.8 cm³/mol. The van der Waals surface area contributed by atoms with Crippen molar-refractivity contribution in [2.45, 2.75) is 37.9 Å². The Balaban J connectivity index is 2.66. The maximum atomic E-state index is 10.5. The standard InChI is InChI=1S/C7H13NO5/c1-4-7(9)5(8(10)11)3-6(12-2)13-4/h4-7,9H,3H2,1-2H3/t4-,5-,6-,7-/m0/s1. The molecular formula is C7H13NO5. The summed E-state index contributed by atoms with van der Waals surface area (Å²) in [6.07, 6.45) is -2.11. The van der Waals surface area contributed by atoms with E-state index in [-0.39, 0.29) is 6.42 Å². The van der Waals surface area contributed by atoms with E-state index < -0.39 is 29.5 Å². The van der Waals surface area contributed by atoms with E-state index in [1.165, 1.54) is 7.11 Å². The minimum absolute atomic E-state index is 0.0923. The van der Waals surface area contributed by atoms with Crippen molar-refractivity contribution in [1.82, 2.24) is 0 Å². The molecular weight excluding hydrogens is 178 g/mol.